The number of carbonyl (C=O) groups is 1. The highest BCUT2D eigenvalue weighted by Gasteiger charge is 2.60. The molecule has 0 bridgehead atoms. The highest BCUT2D eigenvalue weighted by atomic mass is 79.9. The number of aryl methyl sites for hydroxylation is 1. The first-order valence-corrected chi connectivity index (χ1v) is 10.7. The van der Waals surface area contributed by atoms with Crippen molar-refractivity contribution in [2.24, 2.45) is 5.10 Å². The lowest BCUT2D eigenvalue weighted by atomic mass is 9.92. The van der Waals surface area contributed by atoms with Crippen molar-refractivity contribution < 1.29 is 9.53 Å². The first-order chi connectivity index (χ1) is 14.6. The predicted molar refractivity (Wildman–Crippen MR) is 118 cm³/mol. The van der Waals surface area contributed by atoms with Crippen molar-refractivity contribution in [2.75, 3.05) is 5.32 Å². The number of hydrogen-bond acceptors (Lipinski definition) is 4. The Labute approximate surface area is 182 Å². The number of anilines is 1. The van der Waals surface area contributed by atoms with Crippen LogP contribution >= 0.6 is 15.9 Å². The predicted octanol–water partition coefficient (Wildman–Crippen LogP) is 5.11. The van der Waals surface area contributed by atoms with Crippen LogP contribution in [0.3, 0.4) is 0 Å². The van der Waals surface area contributed by atoms with Gasteiger partial charge < -0.3 is 10.1 Å². The van der Waals surface area contributed by atoms with Gasteiger partial charge in [-0.3, -0.25) is 4.79 Å². The zero-order valence-electron chi connectivity index (χ0n) is 16.2. The minimum atomic E-state index is -1.32. The quantitative estimate of drug-likeness (QED) is 0.550. The molecule has 0 aliphatic carbocycles. The van der Waals surface area contributed by atoms with Crippen molar-refractivity contribution in [1.82, 2.24) is 5.01 Å². The van der Waals surface area contributed by atoms with Crippen LogP contribution in [-0.2, 0) is 10.5 Å². The van der Waals surface area contributed by atoms with Crippen LogP contribution in [0.1, 0.15) is 34.7 Å². The van der Waals surface area contributed by atoms with Gasteiger partial charge in [-0.25, -0.2) is 5.01 Å². The second-order valence-electron chi connectivity index (χ2n) is 7.91. The summed E-state index contributed by atoms with van der Waals surface area (Å²) in [7, 11) is 0. The van der Waals surface area contributed by atoms with Gasteiger partial charge in [-0.2, -0.15) is 5.10 Å². The van der Waals surface area contributed by atoms with Crippen molar-refractivity contribution in [1.29, 1.82) is 0 Å². The molecule has 1 amide bonds. The fourth-order valence-electron chi connectivity index (χ4n) is 4.63. The van der Waals surface area contributed by atoms with Crippen LogP contribution in [-0.4, -0.2) is 16.6 Å². The number of ether oxygens (including phenoxy) is 1. The zero-order chi connectivity index (χ0) is 20.5. The maximum atomic E-state index is 13.4. The average molecular weight is 460 g/mol. The van der Waals surface area contributed by atoms with Crippen molar-refractivity contribution in [3.8, 4) is 5.75 Å². The summed E-state index contributed by atoms with van der Waals surface area (Å²) < 4.78 is 7.49. The van der Waals surface area contributed by atoms with E-state index in [1.165, 1.54) is 0 Å². The number of carbonyl (C=O) groups excluding carboxylic acids is 1. The van der Waals surface area contributed by atoms with Gasteiger partial charge in [-0.15, -0.1) is 0 Å². The molecule has 0 unspecified atom stereocenters. The van der Waals surface area contributed by atoms with E-state index in [2.05, 4.69) is 39.4 Å². The molecule has 3 aromatic rings. The zero-order valence-corrected chi connectivity index (χ0v) is 17.8. The van der Waals surface area contributed by atoms with E-state index in [1.807, 2.05) is 60.5 Å². The Kier molecular flexibility index (Phi) is 3.65. The maximum absolute atomic E-state index is 13.4. The molecule has 2 atom stereocenters. The van der Waals surface area contributed by atoms with Gasteiger partial charge >= 0.3 is 5.72 Å². The lowest BCUT2D eigenvalue weighted by molar-refractivity contribution is -0.161. The van der Waals surface area contributed by atoms with Crippen molar-refractivity contribution in [2.45, 2.75) is 25.1 Å². The van der Waals surface area contributed by atoms with Crippen molar-refractivity contribution >= 4 is 33.2 Å². The van der Waals surface area contributed by atoms with Crippen LogP contribution in [0.4, 0.5) is 5.69 Å². The van der Waals surface area contributed by atoms with E-state index in [-0.39, 0.29) is 11.9 Å². The number of halogens is 1. The second-order valence-corrected chi connectivity index (χ2v) is 8.82. The summed E-state index contributed by atoms with van der Waals surface area (Å²) in [6.07, 6.45) is 0.701. The summed E-state index contributed by atoms with van der Waals surface area (Å²) in [4.78, 5) is 13.4. The SMILES string of the molecule is Cc1ccc2c(c1)[C@]1(Oc3ccc(Br)cc3[C@@H]3CC(c4ccccc4)=NN31)C(=O)N2. The number of amides is 1. The largest absolute Gasteiger partial charge is 0.453 e. The molecule has 3 aliphatic rings. The smallest absolute Gasteiger partial charge is 0.306 e. The van der Waals surface area contributed by atoms with Crippen LogP contribution in [0.2, 0.25) is 0 Å². The van der Waals surface area contributed by atoms with Crippen LogP contribution in [0, 0.1) is 6.92 Å². The molecule has 3 aromatic carbocycles. The lowest BCUT2D eigenvalue weighted by Crippen LogP contribution is -2.55. The fraction of sp³-hybridized carbons (Fsp3) is 0.167. The number of nitrogens with zero attached hydrogens (tertiary/aromatic N) is 2. The molecule has 1 N–H and O–H groups in total. The number of hydrogen-bond donors (Lipinski definition) is 1. The third-order valence-corrected chi connectivity index (χ3v) is 6.52. The highest BCUT2D eigenvalue weighted by molar-refractivity contribution is 9.10. The molecule has 1 spiro atoms. The standard InChI is InChI=1S/C24H18BrN3O2/c1-14-7-9-19-18(11-14)24(23(29)26-19)28-21(17-12-16(25)8-10-22(17)30-24)13-20(27-28)15-5-3-2-4-6-15/h2-12,21H,13H2,1H3,(H,26,29)/t21-,24-/m0/s1. The van der Waals surface area contributed by atoms with Crippen LogP contribution in [0.15, 0.2) is 76.3 Å². The van der Waals surface area contributed by atoms with Gasteiger partial charge in [-0.05, 0) is 42.8 Å². The third kappa shape index (κ3) is 2.34. The summed E-state index contributed by atoms with van der Waals surface area (Å²) in [5.41, 5.74) is 4.37. The van der Waals surface area contributed by atoms with E-state index in [4.69, 9.17) is 9.84 Å². The molecule has 3 aliphatic heterocycles. The molecule has 3 heterocycles. The first kappa shape index (κ1) is 17.7. The molecule has 0 saturated heterocycles. The summed E-state index contributed by atoms with van der Waals surface area (Å²) in [5.74, 6) is 0.508. The van der Waals surface area contributed by atoms with E-state index in [0.717, 1.165) is 38.1 Å². The number of fused-ring (bicyclic) bond motifs is 6. The van der Waals surface area contributed by atoms with Crippen LogP contribution in [0.25, 0.3) is 0 Å². The van der Waals surface area contributed by atoms with Crippen molar-refractivity contribution in [3.05, 3.63) is 93.5 Å². The topological polar surface area (TPSA) is 53.9 Å². The van der Waals surface area contributed by atoms with Gasteiger partial charge in [0.15, 0.2) is 0 Å². The number of rotatable bonds is 1. The lowest BCUT2D eigenvalue weighted by Gasteiger charge is -2.44. The highest BCUT2D eigenvalue weighted by Crippen LogP contribution is 2.54. The molecule has 6 rings (SSSR count). The average Bonchev–Trinajstić information content (AvgIpc) is 3.31. The van der Waals surface area contributed by atoms with E-state index < -0.39 is 5.72 Å². The van der Waals surface area contributed by atoms with E-state index in [1.54, 1.807) is 0 Å². The molecule has 6 heteroatoms. The molecule has 5 nitrogen and oxygen atoms in total. The minimum Gasteiger partial charge on any atom is -0.453 e. The molecule has 0 fully saturated rings. The van der Waals surface area contributed by atoms with E-state index in [0.29, 0.717) is 12.2 Å². The van der Waals surface area contributed by atoms with Gasteiger partial charge in [0.25, 0.3) is 5.91 Å². The number of hydrazone groups is 1. The Hall–Kier alpha value is -3.12. The second kappa shape index (κ2) is 6.19. The molecule has 0 radical (unpaired) electrons. The Bertz CT molecular complexity index is 1240. The third-order valence-electron chi connectivity index (χ3n) is 6.02. The monoisotopic (exact) mass is 459 g/mol. The van der Waals surface area contributed by atoms with Gasteiger partial charge in [-0.1, -0.05) is 57.9 Å². The number of nitrogens with one attached hydrogen (secondary N) is 1. The molecule has 148 valence electrons. The number of benzene rings is 3. The van der Waals surface area contributed by atoms with Crippen LogP contribution in [0.5, 0.6) is 5.75 Å². The summed E-state index contributed by atoms with van der Waals surface area (Å²) in [5, 5.41) is 9.85. The Balaban J connectivity index is 1.60. The molecule has 0 aromatic heterocycles. The van der Waals surface area contributed by atoms with Gasteiger partial charge in [0.05, 0.1) is 23.0 Å². The summed E-state index contributed by atoms with van der Waals surface area (Å²) >= 11 is 3.58. The Morgan fingerprint density at radius 1 is 1.13 bits per heavy atom. The van der Waals surface area contributed by atoms with Gasteiger partial charge in [0.2, 0.25) is 0 Å². The van der Waals surface area contributed by atoms with Crippen molar-refractivity contribution in [3.63, 3.8) is 0 Å². The normalized spacial score (nSPS) is 23.4. The minimum absolute atomic E-state index is 0.0985. The van der Waals surface area contributed by atoms with Crippen LogP contribution < -0.4 is 10.1 Å². The van der Waals surface area contributed by atoms with Gasteiger partial charge in [0, 0.05) is 16.5 Å². The summed E-state index contributed by atoms with van der Waals surface area (Å²) in [6, 6.07) is 21.9. The fourth-order valence-corrected chi connectivity index (χ4v) is 5.01. The van der Waals surface area contributed by atoms with E-state index in [9.17, 15) is 4.79 Å². The molecule has 30 heavy (non-hydrogen) atoms. The molecule has 0 saturated carbocycles. The molecular weight excluding hydrogens is 442 g/mol. The maximum Gasteiger partial charge on any atom is 0.306 e. The molecular formula is C24H18BrN3O2. The van der Waals surface area contributed by atoms with Gasteiger partial charge in [0.1, 0.15) is 5.75 Å². The first-order valence-electron chi connectivity index (χ1n) is 9.89. The summed E-state index contributed by atoms with van der Waals surface area (Å²) in [6.45, 7) is 2.02. The Morgan fingerprint density at radius 2 is 1.97 bits per heavy atom. The van der Waals surface area contributed by atoms with E-state index >= 15 is 0 Å². The Morgan fingerprint density at radius 3 is 2.80 bits per heavy atom.